The second kappa shape index (κ2) is 5.39. The number of anilines is 1. The molecule has 1 heterocycles. The first-order chi connectivity index (χ1) is 6.34. The molecule has 0 aromatic carbocycles. The van der Waals surface area contributed by atoms with Gasteiger partial charge in [0.25, 0.3) is 5.95 Å². The molecule has 1 N–H and O–H groups in total. The summed E-state index contributed by atoms with van der Waals surface area (Å²) in [7, 11) is 0. The summed E-state index contributed by atoms with van der Waals surface area (Å²) in [6.07, 6.45) is 2.65. The molecule has 0 saturated carbocycles. The maximum Gasteiger partial charge on any atom is 0.252 e. The van der Waals surface area contributed by atoms with Crippen molar-refractivity contribution >= 4 is 5.95 Å². The van der Waals surface area contributed by atoms with Crippen molar-refractivity contribution in [3.05, 3.63) is 12.7 Å². The average molecular weight is 184 g/mol. The molecule has 0 fully saturated rings. The fraction of sp³-hybridized carbons (Fsp3) is 0.571. The average Bonchev–Trinajstić information content (AvgIpc) is 2.19. The van der Waals surface area contributed by atoms with Gasteiger partial charge in [0.05, 0.1) is 13.2 Å². The normalized spacial score (nSPS) is 10.0. The number of hydrogen-bond acceptors (Lipinski definition) is 6. The van der Waals surface area contributed by atoms with Crippen molar-refractivity contribution in [3.8, 4) is 0 Å². The van der Waals surface area contributed by atoms with Crippen LogP contribution in [0.25, 0.3) is 0 Å². The van der Waals surface area contributed by atoms with E-state index in [2.05, 4.69) is 15.0 Å². The van der Waals surface area contributed by atoms with Crippen LogP contribution in [0.1, 0.15) is 6.92 Å². The van der Waals surface area contributed by atoms with E-state index in [1.807, 2.05) is 6.92 Å². The molecule has 13 heavy (non-hydrogen) atoms. The predicted octanol–water partition coefficient (Wildman–Crippen LogP) is 0.104. The Kier molecular flexibility index (Phi) is 4.07. The lowest BCUT2D eigenvalue weighted by Gasteiger charge is -2.13. The van der Waals surface area contributed by atoms with E-state index < -0.39 is 0 Å². The Labute approximate surface area is 76.2 Å². The maximum atomic E-state index is 9.35. The van der Waals surface area contributed by atoms with Gasteiger partial charge in [-0.3, -0.25) is 5.21 Å². The zero-order valence-electron chi connectivity index (χ0n) is 7.42. The van der Waals surface area contributed by atoms with E-state index in [9.17, 15) is 5.21 Å². The fourth-order valence-corrected chi connectivity index (χ4v) is 0.762. The molecular formula is C7H12N4O2. The molecule has 1 rings (SSSR count). The third-order valence-electron chi connectivity index (χ3n) is 1.36. The second-order valence-corrected chi connectivity index (χ2v) is 2.26. The summed E-state index contributed by atoms with van der Waals surface area (Å²) < 4.78 is 5.05. The molecular weight excluding hydrogens is 172 g/mol. The molecule has 0 aliphatic rings. The molecule has 1 aromatic heterocycles. The predicted molar refractivity (Wildman–Crippen MR) is 45.5 cm³/mol. The maximum absolute atomic E-state index is 9.35. The van der Waals surface area contributed by atoms with Crippen molar-refractivity contribution in [1.29, 1.82) is 0 Å². The lowest BCUT2D eigenvalue weighted by Crippen LogP contribution is -2.25. The van der Waals surface area contributed by atoms with Crippen LogP contribution in [0.3, 0.4) is 0 Å². The zero-order valence-corrected chi connectivity index (χ0v) is 7.42. The Morgan fingerprint density at radius 3 is 2.77 bits per heavy atom. The number of rotatable bonds is 5. The lowest BCUT2D eigenvalue weighted by atomic mass is 10.6. The van der Waals surface area contributed by atoms with Gasteiger partial charge in [0, 0.05) is 6.61 Å². The summed E-state index contributed by atoms with van der Waals surface area (Å²) in [5.41, 5.74) is 0. The summed E-state index contributed by atoms with van der Waals surface area (Å²) >= 11 is 0. The summed E-state index contributed by atoms with van der Waals surface area (Å²) in [6, 6.07) is 0. The first-order valence-corrected chi connectivity index (χ1v) is 4.00. The highest BCUT2D eigenvalue weighted by Gasteiger charge is 2.03. The number of aromatic nitrogens is 3. The van der Waals surface area contributed by atoms with Crippen LogP contribution in [-0.4, -0.2) is 39.9 Å². The summed E-state index contributed by atoms with van der Waals surface area (Å²) in [5, 5.41) is 10.3. The highest BCUT2D eigenvalue weighted by Crippen LogP contribution is 1.98. The molecule has 6 nitrogen and oxygen atoms in total. The first-order valence-electron chi connectivity index (χ1n) is 4.00. The number of hydroxylamine groups is 1. The van der Waals surface area contributed by atoms with Crippen LogP contribution in [0.15, 0.2) is 12.7 Å². The Morgan fingerprint density at radius 2 is 2.15 bits per heavy atom. The fourth-order valence-electron chi connectivity index (χ4n) is 0.762. The summed E-state index contributed by atoms with van der Waals surface area (Å²) in [6.45, 7) is 3.31. The molecule has 0 saturated heterocycles. The van der Waals surface area contributed by atoms with E-state index in [0.717, 1.165) is 5.06 Å². The van der Waals surface area contributed by atoms with Gasteiger partial charge in [-0.2, -0.15) is 9.97 Å². The molecule has 0 radical (unpaired) electrons. The van der Waals surface area contributed by atoms with Crippen molar-refractivity contribution in [2.75, 3.05) is 24.8 Å². The van der Waals surface area contributed by atoms with Crippen molar-refractivity contribution in [1.82, 2.24) is 15.0 Å². The van der Waals surface area contributed by atoms with Crippen molar-refractivity contribution in [3.63, 3.8) is 0 Å². The van der Waals surface area contributed by atoms with Gasteiger partial charge in [-0.05, 0) is 6.92 Å². The zero-order chi connectivity index (χ0) is 9.52. The Bertz CT molecular complexity index is 231. The highest BCUT2D eigenvalue weighted by atomic mass is 16.5. The van der Waals surface area contributed by atoms with Gasteiger partial charge >= 0.3 is 0 Å². The highest BCUT2D eigenvalue weighted by molar-refractivity contribution is 5.20. The smallest absolute Gasteiger partial charge is 0.252 e. The van der Waals surface area contributed by atoms with Gasteiger partial charge in [0.1, 0.15) is 12.7 Å². The monoisotopic (exact) mass is 184 g/mol. The van der Waals surface area contributed by atoms with E-state index >= 15 is 0 Å². The van der Waals surface area contributed by atoms with Crippen LogP contribution < -0.4 is 5.06 Å². The topological polar surface area (TPSA) is 71.4 Å². The minimum atomic E-state index is 0.231. The molecule has 72 valence electrons. The van der Waals surface area contributed by atoms with Crippen molar-refractivity contribution in [2.24, 2.45) is 0 Å². The van der Waals surface area contributed by atoms with E-state index in [1.54, 1.807) is 0 Å². The van der Waals surface area contributed by atoms with Gasteiger partial charge in [0.15, 0.2) is 0 Å². The van der Waals surface area contributed by atoms with Gasteiger partial charge in [-0.1, -0.05) is 0 Å². The van der Waals surface area contributed by atoms with Crippen LogP contribution in [0, 0.1) is 0 Å². The minimum Gasteiger partial charge on any atom is -0.380 e. The van der Waals surface area contributed by atoms with Gasteiger partial charge < -0.3 is 4.74 Å². The minimum absolute atomic E-state index is 0.231. The number of hydrogen-bond donors (Lipinski definition) is 1. The standard InChI is InChI=1S/C7H12N4O2/c1-2-13-4-3-11(12)7-9-5-8-6-10-7/h5-6,12H,2-4H2,1H3. The van der Waals surface area contributed by atoms with Crippen LogP contribution in [0.4, 0.5) is 5.95 Å². The largest absolute Gasteiger partial charge is 0.380 e. The SMILES string of the molecule is CCOCCN(O)c1ncncn1. The van der Waals surface area contributed by atoms with Crippen molar-refractivity contribution < 1.29 is 9.94 Å². The van der Waals surface area contributed by atoms with Gasteiger partial charge in [-0.15, -0.1) is 0 Å². The van der Waals surface area contributed by atoms with Crippen LogP contribution in [0.5, 0.6) is 0 Å². The number of ether oxygens (including phenoxy) is 1. The Balaban J connectivity index is 2.35. The number of nitrogens with zero attached hydrogens (tertiary/aromatic N) is 4. The summed E-state index contributed by atoms with van der Waals surface area (Å²) in [5.74, 6) is 0.231. The van der Waals surface area contributed by atoms with Crippen LogP contribution in [-0.2, 0) is 4.74 Å². The third-order valence-corrected chi connectivity index (χ3v) is 1.36. The molecule has 0 unspecified atom stereocenters. The van der Waals surface area contributed by atoms with Crippen LogP contribution >= 0.6 is 0 Å². The van der Waals surface area contributed by atoms with E-state index in [4.69, 9.17) is 4.74 Å². The van der Waals surface area contributed by atoms with Crippen molar-refractivity contribution in [2.45, 2.75) is 6.92 Å². The Morgan fingerprint density at radius 1 is 1.46 bits per heavy atom. The second-order valence-electron chi connectivity index (χ2n) is 2.26. The molecule has 6 heteroatoms. The summed E-state index contributed by atoms with van der Waals surface area (Å²) in [4.78, 5) is 11.1. The lowest BCUT2D eigenvalue weighted by molar-refractivity contribution is 0.129. The van der Waals surface area contributed by atoms with E-state index in [0.29, 0.717) is 19.8 Å². The van der Waals surface area contributed by atoms with E-state index in [1.165, 1.54) is 12.7 Å². The molecule has 0 aliphatic heterocycles. The molecule has 0 spiro atoms. The molecule has 0 bridgehead atoms. The first kappa shape index (κ1) is 9.82. The molecule has 0 amide bonds. The molecule has 0 atom stereocenters. The van der Waals surface area contributed by atoms with Crippen LogP contribution in [0.2, 0.25) is 0 Å². The van der Waals surface area contributed by atoms with Gasteiger partial charge in [-0.25, -0.2) is 10.0 Å². The van der Waals surface area contributed by atoms with Gasteiger partial charge in [0.2, 0.25) is 0 Å². The quantitative estimate of drug-likeness (QED) is 0.517. The molecule has 1 aromatic rings. The van der Waals surface area contributed by atoms with E-state index in [-0.39, 0.29) is 5.95 Å². The molecule has 0 aliphatic carbocycles. The Hall–Kier alpha value is -1.27. The third kappa shape index (κ3) is 3.30.